The quantitative estimate of drug-likeness (QED) is 0.444. The van der Waals surface area contributed by atoms with Gasteiger partial charge in [-0.2, -0.15) is 0 Å². The molecule has 0 aromatic heterocycles. The monoisotopic (exact) mass is 287 g/mol. The molecule has 0 saturated heterocycles. The van der Waals surface area contributed by atoms with Crippen molar-refractivity contribution >= 4 is 28.3 Å². The molecular formula is C10H10INO. The van der Waals surface area contributed by atoms with Gasteiger partial charge in [-0.3, -0.25) is 0 Å². The molecule has 0 amide bonds. The zero-order valence-corrected chi connectivity index (χ0v) is 9.45. The van der Waals surface area contributed by atoms with Crippen LogP contribution in [0.1, 0.15) is 24.0 Å². The van der Waals surface area contributed by atoms with Gasteiger partial charge >= 0.3 is 0 Å². The molecule has 68 valence electrons. The largest absolute Gasteiger partial charge is 0.411 e. The molecule has 1 aliphatic rings. The summed E-state index contributed by atoms with van der Waals surface area (Å²) >= 11 is 2.30. The first-order valence-electron chi connectivity index (χ1n) is 4.21. The maximum atomic E-state index is 8.76. The van der Waals surface area contributed by atoms with E-state index >= 15 is 0 Å². The molecule has 2 rings (SSSR count). The molecular weight excluding hydrogens is 277 g/mol. The van der Waals surface area contributed by atoms with E-state index in [4.69, 9.17) is 5.21 Å². The Morgan fingerprint density at radius 3 is 3.00 bits per heavy atom. The van der Waals surface area contributed by atoms with Gasteiger partial charge in [0.05, 0.1) is 5.71 Å². The van der Waals surface area contributed by atoms with E-state index in [2.05, 4.69) is 52.9 Å². The van der Waals surface area contributed by atoms with Gasteiger partial charge in [0.25, 0.3) is 0 Å². The van der Waals surface area contributed by atoms with Crippen LogP contribution in [-0.2, 0) is 6.42 Å². The van der Waals surface area contributed by atoms with E-state index in [-0.39, 0.29) is 5.92 Å². The Morgan fingerprint density at radius 1 is 1.54 bits per heavy atom. The van der Waals surface area contributed by atoms with Crippen LogP contribution in [0.15, 0.2) is 23.4 Å². The molecule has 1 N–H and O–H groups in total. The molecule has 0 spiro atoms. The summed E-state index contributed by atoms with van der Waals surface area (Å²) in [5.74, 6) is 0.273. The van der Waals surface area contributed by atoms with Crippen LogP contribution in [0.4, 0.5) is 0 Å². The molecule has 1 aliphatic carbocycles. The third-order valence-electron chi connectivity index (χ3n) is 2.57. The standard InChI is InChI=1S/C10H10INO/c1-6-9-5-8(11)3-2-7(9)4-10(6)12-13/h2-3,5-6,13H,4H2,1H3/b12-10+. The summed E-state index contributed by atoms with van der Waals surface area (Å²) in [7, 11) is 0. The minimum Gasteiger partial charge on any atom is -0.411 e. The molecule has 0 fully saturated rings. The highest BCUT2D eigenvalue weighted by Gasteiger charge is 2.25. The minimum absolute atomic E-state index is 0.273. The number of hydrogen-bond donors (Lipinski definition) is 1. The normalized spacial score (nSPS) is 23.5. The summed E-state index contributed by atoms with van der Waals surface area (Å²) in [5.41, 5.74) is 3.47. The average molecular weight is 287 g/mol. The predicted octanol–water partition coefficient (Wildman–Crippen LogP) is 2.78. The van der Waals surface area contributed by atoms with Crippen LogP contribution in [0.2, 0.25) is 0 Å². The summed E-state index contributed by atoms with van der Waals surface area (Å²) in [4.78, 5) is 0. The number of hydrogen-bond acceptors (Lipinski definition) is 2. The number of fused-ring (bicyclic) bond motifs is 1. The number of halogens is 1. The average Bonchev–Trinajstić information content (AvgIpc) is 2.44. The van der Waals surface area contributed by atoms with E-state index in [1.54, 1.807) is 0 Å². The van der Waals surface area contributed by atoms with Crippen molar-refractivity contribution < 1.29 is 5.21 Å². The summed E-state index contributed by atoms with van der Waals surface area (Å²) in [6, 6.07) is 6.37. The van der Waals surface area contributed by atoms with Crippen LogP contribution >= 0.6 is 22.6 Å². The molecule has 0 aliphatic heterocycles. The van der Waals surface area contributed by atoms with Crippen molar-refractivity contribution in [2.24, 2.45) is 5.16 Å². The van der Waals surface area contributed by atoms with Gasteiger partial charge in [-0.25, -0.2) is 0 Å². The number of oxime groups is 1. The Hall–Kier alpha value is -0.580. The molecule has 0 bridgehead atoms. The van der Waals surface area contributed by atoms with Crippen LogP contribution < -0.4 is 0 Å². The second kappa shape index (κ2) is 3.29. The third kappa shape index (κ3) is 1.45. The molecule has 0 radical (unpaired) electrons. The van der Waals surface area contributed by atoms with Crippen molar-refractivity contribution in [2.75, 3.05) is 0 Å². The fourth-order valence-corrected chi connectivity index (χ4v) is 2.29. The molecule has 1 aromatic carbocycles. The molecule has 0 heterocycles. The van der Waals surface area contributed by atoms with E-state index in [0.717, 1.165) is 12.1 Å². The van der Waals surface area contributed by atoms with Crippen LogP contribution in [0.3, 0.4) is 0 Å². The van der Waals surface area contributed by atoms with Gasteiger partial charge in [0.2, 0.25) is 0 Å². The topological polar surface area (TPSA) is 32.6 Å². The van der Waals surface area contributed by atoms with E-state index in [0.29, 0.717) is 0 Å². The van der Waals surface area contributed by atoms with Crippen molar-refractivity contribution in [1.29, 1.82) is 0 Å². The Labute approximate surface area is 90.8 Å². The van der Waals surface area contributed by atoms with E-state index < -0.39 is 0 Å². The number of nitrogens with zero attached hydrogens (tertiary/aromatic N) is 1. The maximum absolute atomic E-state index is 8.76. The second-order valence-electron chi connectivity index (χ2n) is 3.33. The van der Waals surface area contributed by atoms with Crippen LogP contribution in [-0.4, -0.2) is 10.9 Å². The third-order valence-corrected chi connectivity index (χ3v) is 3.25. The van der Waals surface area contributed by atoms with Gasteiger partial charge < -0.3 is 5.21 Å². The Morgan fingerprint density at radius 2 is 2.31 bits per heavy atom. The van der Waals surface area contributed by atoms with Crippen molar-refractivity contribution in [1.82, 2.24) is 0 Å². The summed E-state index contributed by atoms with van der Waals surface area (Å²) in [5, 5.41) is 12.1. The van der Waals surface area contributed by atoms with Gasteiger partial charge in [-0.15, -0.1) is 0 Å². The molecule has 0 saturated carbocycles. The number of benzene rings is 1. The lowest BCUT2D eigenvalue weighted by molar-refractivity contribution is 0.316. The van der Waals surface area contributed by atoms with Gasteiger partial charge in [0.15, 0.2) is 0 Å². The minimum atomic E-state index is 0.273. The number of rotatable bonds is 0. The summed E-state index contributed by atoms with van der Waals surface area (Å²) in [6.45, 7) is 2.08. The maximum Gasteiger partial charge on any atom is 0.0686 e. The fraction of sp³-hybridized carbons (Fsp3) is 0.300. The zero-order chi connectivity index (χ0) is 9.42. The lowest BCUT2D eigenvalue weighted by Gasteiger charge is -2.04. The van der Waals surface area contributed by atoms with Gasteiger partial charge in [0.1, 0.15) is 0 Å². The Kier molecular flexibility index (Phi) is 2.27. The smallest absolute Gasteiger partial charge is 0.0686 e. The van der Waals surface area contributed by atoms with Gasteiger partial charge in [-0.05, 0) is 45.9 Å². The highest BCUT2D eigenvalue weighted by atomic mass is 127. The molecule has 1 atom stereocenters. The van der Waals surface area contributed by atoms with Crippen molar-refractivity contribution in [3.63, 3.8) is 0 Å². The second-order valence-corrected chi connectivity index (χ2v) is 4.58. The molecule has 1 aromatic rings. The van der Waals surface area contributed by atoms with Crippen LogP contribution in [0.25, 0.3) is 0 Å². The van der Waals surface area contributed by atoms with Crippen molar-refractivity contribution in [3.8, 4) is 0 Å². The lowest BCUT2D eigenvalue weighted by Crippen LogP contribution is -2.01. The van der Waals surface area contributed by atoms with Crippen LogP contribution in [0, 0.1) is 3.57 Å². The van der Waals surface area contributed by atoms with Crippen molar-refractivity contribution in [2.45, 2.75) is 19.3 Å². The SMILES string of the molecule is CC1/C(=N/O)Cc2ccc(I)cc21. The van der Waals surface area contributed by atoms with E-state index in [9.17, 15) is 0 Å². The molecule has 2 nitrogen and oxygen atoms in total. The van der Waals surface area contributed by atoms with E-state index in [1.165, 1.54) is 14.7 Å². The molecule has 3 heteroatoms. The van der Waals surface area contributed by atoms with Crippen LogP contribution in [0.5, 0.6) is 0 Å². The zero-order valence-electron chi connectivity index (χ0n) is 7.29. The lowest BCUT2D eigenvalue weighted by atomic mass is 10.0. The molecule has 1 unspecified atom stereocenters. The van der Waals surface area contributed by atoms with E-state index in [1.807, 2.05) is 0 Å². The summed E-state index contributed by atoms with van der Waals surface area (Å²) in [6.07, 6.45) is 0.796. The highest BCUT2D eigenvalue weighted by Crippen LogP contribution is 2.31. The Balaban J connectivity index is 2.50. The fourth-order valence-electron chi connectivity index (χ4n) is 1.78. The first kappa shape index (κ1) is 8.99. The first-order chi connectivity index (χ1) is 6.22. The predicted molar refractivity (Wildman–Crippen MR) is 60.5 cm³/mol. The Bertz CT molecular complexity index is 373. The van der Waals surface area contributed by atoms with Gasteiger partial charge in [-0.1, -0.05) is 18.1 Å². The van der Waals surface area contributed by atoms with Gasteiger partial charge in [0, 0.05) is 15.9 Å². The summed E-state index contributed by atoms with van der Waals surface area (Å²) < 4.78 is 1.24. The highest BCUT2D eigenvalue weighted by molar-refractivity contribution is 14.1. The molecule has 13 heavy (non-hydrogen) atoms. The van der Waals surface area contributed by atoms with Crippen molar-refractivity contribution in [3.05, 3.63) is 32.9 Å². The first-order valence-corrected chi connectivity index (χ1v) is 5.29.